The maximum Gasteiger partial charge on any atom is 0.251 e. The summed E-state index contributed by atoms with van der Waals surface area (Å²) >= 11 is 0. The van der Waals surface area contributed by atoms with Crippen molar-refractivity contribution in [1.29, 1.82) is 0 Å². The van der Waals surface area contributed by atoms with Crippen LogP contribution in [0.15, 0.2) is 65.1 Å². The number of amides is 2. The number of benzene rings is 2. The molecule has 0 spiro atoms. The number of nitrogens with zero attached hydrogens (tertiary/aromatic N) is 4. The first-order valence-corrected chi connectivity index (χ1v) is 11.1. The van der Waals surface area contributed by atoms with Crippen LogP contribution in [0, 0.1) is 6.92 Å². The summed E-state index contributed by atoms with van der Waals surface area (Å²) in [6.07, 6.45) is 0. The van der Waals surface area contributed by atoms with E-state index < -0.39 is 17.9 Å². The Kier molecular flexibility index (Phi) is 7.41. The molecule has 1 unspecified atom stereocenters. The van der Waals surface area contributed by atoms with Gasteiger partial charge < -0.3 is 19.2 Å². The van der Waals surface area contributed by atoms with E-state index in [9.17, 15) is 9.59 Å². The zero-order chi connectivity index (χ0) is 24.8. The molecule has 0 saturated heterocycles. The molecule has 2 aromatic carbocycles. The largest absolute Gasteiger partial charge is 0.495 e. The van der Waals surface area contributed by atoms with Crippen molar-refractivity contribution >= 4 is 28.5 Å². The third kappa shape index (κ3) is 5.17. The second-order valence-electron chi connectivity index (χ2n) is 7.81. The SMILES string of the molecule is COCCNC(=O)C(c1ccc(C)o1)N(C(=O)Cn1nnc2ccccc21)c1ccccc1OC. The zero-order valence-electron chi connectivity index (χ0n) is 19.8. The van der Waals surface area contributed by atoms with Gasteiger partial charge in [0.25, 0.3) is 5.91 Å². The summed E-state index contributed by atoms with van der Waals surface area (Å²) in [7, 11) is 3.06. The van der Waals surface area contributed by atoms with Crippen molar-refractivity contribution in [2.24, 2.45) is 0 Å². The van der Waals surface area contributed by atoms with Crippen molar-refractivity contribution in [2.75, 3.05) is 32.3 Å². The molecule has 4 aromatic rings. The number of rotatable bonds is 10. The Hall–Kier alpha value is -4.18. The van der Waals surface area contributed by atoms with E-state index in [1.54, 1.807) is 50.4 Å². The second-order valence-corrected chi connectivity index (χ2v) is 7.81. The van der Waals surface area contributed by atoms with Crippen LogP contribution in [0.1, 0.15) is 17.6 Å². The van der Waals surface area contributed by atoms with Crippen LogP contribution in [0.4, 0.5) is 5.69 Å². The number of aryl methyl sites for hydroxylation is 1. The molecule has 35 heavy (non-hydrogen) atoms. The van der Waals surface area contributed by atoms with Crippen molar-refractivity contribution < 1.29 is 23.5 Å². The highest BCUT2D eigenvalue weighted by atomic mass is 16.5. The number of methoxy groups -OCH3 is 2. The Morgan fingerprint density at radius 1 is 1.09 bits per heavy atom. The number of hydrogen-bond acceptors (Lipinski definition) is 7. The first-order valence-electron chi connectivity index (χ1n) is 11.1. The average molecular weight is 478 g/mol. The van der Waals surface area contributed by atoms with E-state index in [0.29, 0.717) is 40.6 Å². The standard InChI is InChI=1S/C25H27N5O5/c1-17-12-13-22(35-17)24(25(32)26-14-15-33-2)30(20-10-6-7-11-21(20)34-3)23(31)16-29-19-9-5-4-8-18(19)27-28-29/h4-13,24H,14-16H2,1-3H3,(H,26,32). The second kappa shape index (κ2) is 10.8. The summed E-state index contributed by atoms with van der Waals surface area (Å²) in [5, 5.41) is 11.1. The molecule has 182 valence electrons. The van der Waals surface area contributed by atoms with Gasteiger partial charge in [-0.05, 0) is 43.3 Å². The molecule has 0 aliphatic carbocycles. The minimum absolute atomic E-state index is 0.153. The Bertz CT molecular complexity index is 1310. The van der Waals surface area contributed by atoms with Gasteiger partial charge >= 0.3 is 0 Å². The van der Waals surface area contributed by atoms with Crippen LogP contribution >= 0.6 is 0 Å². The van der Waals surface area contributed by atoms with Crippen LogP contribution in [-0.2, 0) is 20.9 Å². The molecule has 2 amide bonds. The topological polar surface area (TPSA) is 112 Å². The van der Waals surface area contributed by atoms with Gasteiger partial charge in [-0.15, -0.1) is 5.10 Å². The number of furan rings is 1. The first kappa shape index (κ1) is 24.0. The molecule has 0 aliphatic rings. The smallest absolute Gasteiger partial charge is 0.251 e. The highest BCUT2D eigenvalue weighted by Crippen LogP contribution is 2.35. The lowest BCUT2D eigenvalue weighted by Crippen LogP contribution is -2.46. The molecule has 0 fully saturated rings. The summed E-state index contributed by atoms with van der Waals surface area (Å²) in [5.41, 5.74) is 1.79. The summed E-state index contributed by atoms with van der Waals surface area (Å²) < 4.78 is 18.0. The normalized spacial score (nSPS) is 11.9. The first-order chi connectivity index (χ1) is 17.0. The monoisotopic (exact) mass is 477 g/mol. The Morgan fingerprint density at radius 2 is 1.86 bits per heavy atom. The lowest BCUT2D eigenvalue weighted by Gasteiger charge is -2.31. The van der Waals surface area contributed by atoms with E-state index >= 15 is 0 Å². The molecule has 10 nitrogen and oxygen atoms in total. The number of nitrogens with one attached hydrogen (secondary N) is 1. The molecule has 10 heteroatoms. The van der Waals surface area contributed by atoms with Gasteiger partial charge in [-0.25, -0.2) is 4.68 Å². The van der Waals surface area contributed by atoms with Crippen LogP contribution in [0.2, 0.25) is 0 Å². The van der Waals surface area contributed by atoms with Gasteiger partial charge in [0.2, 0.25) is 5.91 Å². The van der Waals surface area contributed by atoms with E-state index in [-0.39, 0.29) is 13.1 Å². The van der Waals surface area contributed by atoms with Crippen molar-refractivity contribution in [3.8, 4) is 5.75 Å². The van der Waals surface area contributed by atoms with E-state index in [0.717, 1.165) is 0 Å². The third-order valence-corrected chi connectivity index (χ3v) is 5.46. The number of carbonyl (C=O) groups is 2. The molecule has 2 heterocycles. The third-order valence-electron chi connectivity index (χ3n) is 5.46. The number of anilines is 1. The maximum absolute atomic E-state index is 13.9. The highest BCUT2D eigenvalue weighted by Gasteiger charge is 2.36. The van der Waals surface area contributed by atoms with Crippen LogP contribution in [0.5, 0.6) is 5.75 Å². The number of ether oxygens (including phenoxy) is 2. The quantitative estimate of drug-likeness (QED) is 0.350. The van der Waals surface area contributed by atoms with Crippen LogP contribution < -0.4 is 15.0 Å². The van der Waals surface area contributed by atoms with Gasteiger partial charge in [-0.2, -0.15) is 0 Å². The van der Waals surface area contributed by atoms with Crippen molar-refractivity contribution in [2.45, 2.75) is 19.5 Å². The number of para-hydroxylation sites is 3. The molecule has 0 saturated carbocycles. The van der Waals surface area contributed by atoms with E-state index in [1.807, 2.05) is 24.3 Å². The van der Waals surface area contributed by atoms with Gasteiger partial charge in [0.15, 0.2) is 6.04 Å². The van der Waals surface area contributed by atoms with Crippen molar-refractivity contribution in [1.82, 2.24) is 20.3 Å². The lowest BCUT2D eigenvalue weighted by atomic mass is 10.1. The molecule has 2 aromatic heterocycles. The fourth-order valence-electron chi connectivity index (χ4n) is 3.83. The molecule has 0 radical (unpaired) electrons. The zero-order valence-corrected chi connectivity index (χ0v) is 19.8. The van der Waals surface area contributed by atoms with Crippen LogP contribution in [-0.4, -0.2) is 54.2 Å². The maximum atomic E-state index is 13.9. The van der Waals surface area contributed by atoms with Crippen molar-refractivity contribution in [3.05, 3.63) is 72.2 Å². The minimum Gasteiger partial charge on any atom is -0.495 e. The Balaban J connectivity index is 1.79. The fourth-order valence-corrected chi connectivity index (χ4v) is 3.83. The van der Waals surface area contributed by atoms with Gasteiger partial charge in [0, 0.05) is 13.7 Å². The molecular formula is C25H27N5O5. The summed E-state index contributed by atoms with van der Waals surface area (Å²) in [6.45, 7) is 2.22. The highest BCUT2D eigenvalue weighted by molar-refractivity contribution is 6.02. The van der Waals surface area contributed by atoms with E-state index in [4.69, 9.17) is 13.9 Å². The van der Waals surface area contributed by atoms with E-state index in [1.165, 1.54) is 16.7 Å². The molecule has 0 aliphatic heterocycles. The van der Waals surface area contributed by atoms with Crippen LogP contribution in [0.3, 0.4) is 0 Å². The molecule has 0 bridgehead atoms. The minimum atomic E-state index is -1.10. The molecular weight excluding hydrogens is 450 g/mol. The Labute approximate surface area is 202 Å². The van der Waals surface area contributed by atoms with Crippen LogP contribution in [0.25, 0.3) is 11.0 Å². The molecule has 1 atom stereocenters. The average Bonchev–Trinajstić information content (AvgIpc) is 3.48. The van der Waals surface area contributed by atoms with Gasteiger partial charge in [-0.3, -0.25) is 14.5 Å². The number of hydrogen-bond donors (Lipinski definition) is 1. The van der Waals surface area contributed by atoms with Gasteiger partial charge in [0.05, 0.1) is 24.9 Å². The number of aromatic nitrogens is 3. The molecule has 1 N–H and O–H groups in total. The predicted molar refractivity (Wildman–Crippen MR) is 129 cm³/mol. The number of fused-ring (bicyclic) bond motifs is 1. The summed E-state index contributed by atoms with van der Waals surface area (Å²) in [4.78, 5) is 28.8. The van der Waals surface area contributed by atoms with E-state index in [2.05, 4.69) is 15.6 Å². The number of carbonyl (C=O) groups excluding carboxylic acids is 2. The predicted octanol–water partition coefficient (Wildman–Crippen LogP) is 2.88. The summed E-state index contributed by atoms with van der Waals surface area (Å²) in [6, 6.07) is 16.7. The van der Waals surface area contributed by atoms with Gasteiger partial charge in [0.1, 0.15) is 29.3 Å². The summed E-state index contributed by atoms with van der Waals surface area (Å²) in [5.74, 6) is 0.553. The fraction of sp³-hybridized carbons (Fsp3) is 0.280. The molecule has 4 rings (SSSR count). The van der Waals surface area contributed by atoms with Crippen molar-refractivity contribution in [3.63, 3.8) is 0 Å². The lowest BCUT2D eigenvalue weighted by molar-refractivity contribution is -0.127. The van der Waals surface area contributed by atoms with Gasteiger partial charge in [-0.1, -0.05) is 29.5 Å². The Morgan fingerprint density at radius 3 is 2.60 bits per heavy atom.